The van der Waals surface area contributed by atoms with E-state index in [4.69, 9.17) is 4.74 Å². The van der Waals surface area contributed by atoms with Gasteiger partial charge < -0.3 is 15.0 Å². The van der Waals surface area contributed by atoms with Crippen molar-refractivity contribution >= 4 is 0 Å². The average Bonchev–Trinajstić information content (AvgIpc) is 2.86. The van der Waals surface area contributed by atoms with Gasteiger partial charge in [0.2, 0.25) is 0 Å². The zero-order valence-corrected chi connectivity index (χ0v) is 12.9. The Morgan fingerprint density at radius 1 is 1.16 bits per heavy atom. The summed E-state index contributed by atoms with van der Waals surface area (Å²) in [5.74, 6) is 0.676. The number of nitrogens with zero attached hydrogens (tertiary/aromatic N) is 2. The molecule has 0 saturated carbocycles. The van der Waals surface area contributed by atoms with Gasteiger partial charge in [0, 0.05) is 50.7 Å². The molecule has 1 N–H and O–H groups in total. The molecular formula is C15H31N3O. The molecule has 0 aliphatic carbocycles. The van der Waals surface area contributed by atoms with Gasteiger partial charge in [0.1, 0.15) is 0 Å². The molecule has 4 nitrogen and oxygen atoms in total. The SMILES string of the molecule is CCNC1COCC1CN1CCN(C(C)CC)CC1. The number of likely N-dealkylation sites (N-methyl/N-ethyl adjacent to an activating group) is 1. The van der Waals surface area contributed by atoms with Crippen LogP contribution in [0.5, 0.6) is 0 Å². The van der Waals surface area contributed by atoms with Crippen LogP contribution in [-0.4, -0.2) is 74.4 Å². The van der Waals surface area contributed by atoms with Crippen LogP contribution >= 0.6 is 0 Å². The minimum atomic E-state index is 0.567. The Labute approximate surface area is 118 Å². The van der Waals surface area contributed by atoms with Crippen molar-refractivity contribution < 1.29 is 4.74 Å². The second kappa shape index (κ2) is 7.58. The van der Waals surface area contributed by atoms with Crippen LogP contribution in [0.4, 0.5) is 0 Å². The quantitative estimate of drug-likeness (QED) is 0.779. The van der Waals surface area contributed by atoms with E-state index in [1.165, 1.54) is 39.1 Å². The minimum Gasteiger partial charge on any atom is -0.379 e. The lowest BCUT2D eigenvalue weighted by Gasteiger charge is -2.39. The van der Waals surface area contributed by atoms with Gasteiger partial charge in [-0.3, -0.25) is 4.90 Å². The summed E-state index contributed by atoms with van der Waals surface area (Å²) in [5, 5.41) is 3.56. The Bertz CT molecular complexity index is 254. The molecule has 0 spiro atoms. The lowest BCUT2D eigenvalue weighted by atomic mass is 10.0. The Morgan fingerprint density at radius 2 is 1.89 bits per heavy atom. The second-order valence-electron chi connectivity index (χ2n) is 6.06. The molecule has 2 heterocycles. The van der Waals surface area contributed by atoms with Crippen LogP contribution in [0.3, 0.4) is 0 Å². The highest BCUT2D eigenvalue weighted by Crippen LogP contribution is 2.17. The first kappa shape index (κ1) is 15.2. The molecule has 2 aliphatic rings. The summed E-state index contributed by atoms with van der Waals surface area (Å²) in [7, 11) is 0. The number of hydrogen-bond donors (Lipinski definition) is 1. The maximum atomic E-state index is 5.64. The third-order valence-corrected chi connectivity index (χ3v) is 4.78. The van der Waals surface area contributed by atoms with Gasteiger partial charge in [-0.2, -0.15) is 0 Å². The monoisotopic (exact) mass is 269 g/mol. The van der Waals surface area contributed by atoms with E-state index in [0.29, 0.717) is 12.0 Å². The summed E-state index contributed by atoms with van der Waals surface area (Å²) in [6.07, 6.45) is 1.26. The number of ether oxygens (including phenoxy) is 1. The smallest absolute Gasteiger partial charge is 0.0623 e. The van der Waals surface area contributed by atoms with E-state index >= 15 is 0 Å². The maximum absolute atomic E-state index is 5.64. The standard InChI is InChI=1S/C15H31N3O/c1-4-13(3)18-8-6-17(7-9-18)10-14-11-19-12-15(14)16-5-2/h13-16H,4-12H2,1-3H3. The summed E-state index contributed by atoms with van der Waals surface area (Å²) >= 11 is 0. The van der Waals surface area contributed by atoms with E-state index in [1.807, 2.05) is 0 Å². The van der Waals surface area contributed by atoms with Gasteiger partial charge in [-0.15, -0.1) is 0 Å². The molecule has 0 aromatic heterocycles. The predicted octanol–water partition coefficient (Wildman–Crippen LogP) is 1.03. The van der Waals surface area contributed by atoms with Crippen molar-refractivity contribution in [3.63, 3.8) is 0 Å². The Balaban J connectivity index is 1.73. The number of rotatable bonds is 6. The van der Waals surface area contributed by atoms with Crippen LogP contribution in [0.2, 0.25) is 0 Å². The molecule has 2 saturated heterocycles. The number of piperazine rings is 1. The normalized spacial score (nSPS) is 31.7. The van der Waals surface area contributed by atoms with Crippen LogP contribution in [0.15, 0.2) is 0 Å². The number of nitrogens with one attached hydrogen (secondary N) is 1. The van der Waals surface area contributed by atoms with Gasteiger partial charge in [-0.1, -0.05) is 13.8 Å². The molecule has 2 aliphatic heterocycles. The van der Waals surface area contributed by atoms with Crippen LogP contribution in [0.25, 0.3) is 0 Å². The van der Waals surface area contributed by atoms with E-state index in [0.717, 1.165) is 25.8 Å². The Hall–Kier alpha value is -0.160. The fourth-order valence-electron chi connectivity index (χ4n) is 3.24. The van der Waals surface area contributed by atoms with E-state index < -0.39 is 0 Å². The molecule has 0 radical (unpaired) electrons. The lowest BCUT2D eigenvalue weighted by molar-refractivity contribution is 0.0850. The molecule has 19 heavy (non-hydrogen) atoms. The van der Waals surface area contributed by atoms with Gasteiger partial charge in [-0.25, -0.2) is 0 Å². The highest BCUT2D eigenvalue weighted by Gasteiger charge is 2.30. The lowest BCUT2D eigenvalue weighted by Crippen LogP contribution is -2.52. The van der Waals surface area contributed by atoms with Gasteiger partial charge in [0.15, 0.2) is 0 Å². The van der Waals surface area contributed by atoms with Gasteiger partial charge in [0.05, 0.1) is 13.2 Å². The van der Waals surface area contributed by atoms with E-state index in [-0.39, 0.29) is 0 Å². The third kappa shape index (κ3) is 4.15. The molecule has 3 atom stereocenters. The molecule has 4 heteroatoms. The first-order chi connectivity index (χ1) is 9.24. The molecule has 0 aromatic carbocycles. The van der Waals surface area contributed by atoms with Crippen molar-refractivity contribution in [2.45, 2.75) is 39.3 Å². The zero-order valence-electron chi connectivity index (χ0n) is 12.9. The van der Waals surface area contributed by atoms with Crippen LogP contribution in [0.1, 0.15) is 27.2 Å². The van der Waals surface area contributed by atoms with Crippen LogP contribution < -0.4 is 5.32 Å². The molecule has 2 fully saturated rings. The van der Waals surface area contributed by atoms with Crippen LogP contribution in [-0.2, 0) is 4.74 Å². The van der Waals surface area contributed by atoms with Crippen molar-refractivity contribution in [2.75, 3.05) is 52.5 Å². The van der Waals surface area contributed by atoms with Crippen molar-refractivity contribution in [3.8, 4) is 0 Å². The average molecular weight is 269 g/mol. The topological polar surface area (TPSA) is 27.7 Å². The molecule has 0 amide bonds. The van der Waals surface area contributed by atoms with E-state index in [2.05, 4.69) is 35.9 Å². The first-order valence-electron chi connectivity index (χ1n) is 8.02. The van der Waals surface area contributed by atoms with Gasteiger partial charge in [-0.05, 0) is 19.9 Å². The molecule has 0 aromatic rings. The first-order valence-corrected chi connectivity index (χ1v) is 8.02. The summed E-state index contributed by atoms with van der Waals surface area (Å²) in [4.78, 5) is 5.26. The zero-order chi connectivity index (χ0) is 13.7. The third-order valence-electron chi connectivity index (χ3n) is 4.78. The van der Waals surface area contributed by atoms with Gasteiger partial charge in [0.25, 0.3) is 0 Å². The van der Waals surface area contributed by atoms with E-state index in [9.17, 15) is 0 Å². The van der Waals surface area contributed by atoms with E-state index in [1.54, 1.807) is 0 Å². The summed E-state index contributed by atoms with van der Waals surface area (Å²) in [6.45, 7) is 15.8. The van der Waals surface area contributed by atoms with Crippen molar-refractivity contribution in [3.05, 3.63) is 0 Å². The largest absolute Gasteiger partial charge is 0.379 e. The molecular weight excluding hydrogens is 238 g/mol. The summed E-state index contributed by atoms with van der Waals surface area (Å²) in [6, 6.07) is 1.31. The Morgan fingerprint density at radius 3 is 2.53 bits per heavy atom. The fourth-order valence-corrected chi connectivity index (χ4v) is 3.24. The van der Waals surface area contributed by atoms with Gasteiger partial charge >= 0.3 is 0 Å². The van der Waals surface area contributed by atoms with Crippen LogP contribution in [0, 0.1) is 5.92 Å². The fraction of sp³-hybridized carbons (Fsp3) is 1.00. The predicted molar refractivity (Wildman–Crippen MR) is 79.5 cm³/mol. The van der Waals surface area contributed by atoms with Crippen molar-refractivity contribution in [1.29, 1.82) is 0 Å². The molecule has 0 bridgehead atoms. The highest BCUT2D eigenvalue weighted by atomic mass is 16.5. The Kier molecular flexibility index (Phi) is 6.07. The molecule has 3 unspecified atom stereocenters. The summed E-state index contributed by atoms with van der Waals surface area (Å²) < 4.78 is 5.64. The summed E-state index contributed by atoms with van der Waals surface area (Å²) in [5.41, 5.74) is 0. The van der Waals surface area contributed by atoms with Crippen molar-refractivity contribution in [2.24, 2.45) is 5.92 Å². The second-order valence-corrected chi connectivity index (χ2v) is 6.06. The highest BCUT2D eigenvalue weighted by molar-refractivity contribution is 4.85. The molecule has 2 rings (SSSR count). The maximum Gasteiger partial charge on any atom is 0.0623 e. The van der Waals surface area contributed by atoms with Crippen molar-refractivity contribution in [1.82, 2.24) is 15.1 Å². The molecule has 112 valence electrons. The minimum absolute atomic E-state index is 0.567. The number of hydrogen-bond acceptors (Lipinski definition) is 4.